The number of benzene rings is 3. The highest BCUT2D eigenvalue weighted by Gasteiger charge is 2.11. The van der Waals surface area contributed by atoms with Crippen molar-refractivity contribution in [2.45, 2.75) is 10.6 Å². The first kappa shape index (κ1) is 18.9. The molecule has 0 radical (unpaired) electrons. The Morgan fingerprint density at radius 2 is 1.72 bits per heavy atom. The third kappa shape index (κ3) is 4.35. The zero-order valence-corrected chi connectivity index (χ0v) is 16.0. The number of carbonyl (C=O) groups excluding carboxylic acids is 1. The minimum atomic E-state index is -0.565. The van der Waals surface area contributed by atoms with Gasteiger partial charge in [0.25, 0.3) is 11.5 Å². The molecule has 0 atom stereocenters. The number of carbonyl (C=O) groups is 1. The van der Waals surface area contributed by atoms with Crippen LogP contribution in [-0.4, -0.2) is 15.9 Å². The largest absolute Gasteiger partial charge is 0.322 e. The average molecular weight is 405 g/mol. The second-order valence-corrected chi connectivity index (χ2v) is 7.33. The zero-order chi connectivity index (χ0) is 20.2. The molecule has 29 heavy (non-hydrogen) atoms. The predicted molar refractivity (Wildman–Crippen MR) is 113 cm³/mol. The normalized spacial score (nSPS) is 10.8. The molecule has 1 aromatic heterocycles. The van der Waals surface area contributed by atoms with Crippen LogP contribution in [0.2, 0.25) is 0 Å². The number of H-pyrrole nitrogens is 1. The summed E-state index contributed by atoms with van der Waals surface area (Å²) in [5, 5.41) is 2.67. The van der Waals surface area contributed by atoms with Gasteiger partial charge in [0.15, 0.2) is 0 Å². The maximum absolute atomic E-state index is 13.7. The van der Waals surface area contributed by atoms with Gasteiger partial charge in [-0.1, -0.05) is 24.3 Å². The maximum atomic E-state index is 13.7. The lowest BCUT2D eigenvalue weighted by Crippen LogP contribution is -2.14. The van der Waals surface area contributed by atoms with Crippen molar-refractivity contribution in [2.75, 3.05) is 5.32 Å². The van der Waals surface area contributed by atoms with E-state index in [1.807, 2.05) is 36.4 Å². The Labute approximate surface area is 170 Å². The van der Waals surface area contributed by atoms with Gasteiger partial charge in [0, 0.05) is 16.3 Å². The molecule has 0 unspecified atom stereocenters. The first-order valence-electron chi connectivity index (χ1n) is 8.87. The molecule has 7 heteroatoms. The van der Waals surface area contributed by atoms with Gasteiger partial charge in [-0.3, -0.25) is 9.59 Å². The van der Waals surface area contributed by atoms with Crippen molar-refractivity contribution < 1.29 is 9.18 Å². The van der Waals surface area contributed by atoms with Crippen molar-refractivity contribution in [1.29, 1.82) is 0 Å². The van der Waals surface area contributed by atoms with Gasteiger partial charge in [0.1, 0.15) is 11.5 Å². The lowest BCUT2D eigenvalue weighted by Gasteiger charge is -2.07. The van der Waals surface area contributed by atoms with Gasteiger partial charge in [-0.15, -0.1) is 11.8 Å². The van der Waals surface area contributed by atoms with Crippen molar-refractivity contribution in [3.63, 3.8) is 0 Å². The zero-order valence-electron chi connectivity index (χ0n) is 15.2. The molecule has 0 saturated carbocycles. The molecule has 0 aliphatic heterocycles. The summed E-state index contributed by atoms with van der Waals surface area (Å²) >= 11 is 1.47. The van der Waals surface area contributed by atoms with E-state index in [0.717, 1.165) is 10.4 Å². The Hall–Kier alpha value is -3.45. The predicted octanol–water partition coefficient (Wildman–Crippen LogP) is 4.61. The number of nitrogens with one attached hydrogen (secondary N) is 2. The van der Waals surface area contributed by atoms with Gasteiger partial charge < -0.3 is 10.3 Å². The van der Waals surface area contributed by atoms with Gasteiger partial charge in [-0.25, -0.2) is 9.37 Å². The Bertz CT molecular complexity index is 1240. The highest BCUT2D eigenvalue weighted by Crippen LogP contribution is 2.23. The van der Waals surface area contributed by atoms with E-state index >= 15 is 0 Å². The number of hydrogen-bond donors (Lipinski definition) is 2. The lowest BCUT2D eigenvalue weighted by molar-refractivity contribution is 0.102. The fourth-order valence-corrected chi connectivity index (χ4v) is 3.62. The fraction of sp³-hybridized carbons (Fsp3) is 0.0455. The Balaban J connectivity index is 1.42. The van der Waals surface area contributed by atoms with Gasteiger partial charge in [-0.05, 0) is 48.5 Å². The number of para-hydroxylation sites is 2. The third-order valence-corrected chi connectivity index (χ3v) is 5.30. The van der Waals surface area contributed by atoms with Crippen LogP contribution in [0, 0.1) is 5.82 Å². The van der Waals surface area contributed by atoms with Crippen molar-refractivity contribution in [2.24, 2.45) is 0 Å². The highest BCUT2D eigenvalue weighted by molar-refractivity contribution is 7.98. The van der Waals surface area contributed by atoms with Crippen LogP contribution < -0.4 is 10.9 Å². The minimum absolute atomic E-state index is 0.00689. The summed E-state index contributed by atoms with van der Waals surface area (Å²) in [4.78, 5) is 32.5. The van der Waals surface area contributed by atoms with Crippen LogP contribution in [0.1, 0.15) is 16.1 Å². The number of fused-ring (bicyclic) bond motifs is 1. The topological polar surface area (TPSA) is 74.8 Å². The molecule has 5 nitrogen and oxygen atoms in total. The summed E-state index contributed by atoms with van der Waals surface area (Å²) in [6, 6.07) is 20.3. The summed E-state index contributed by atoms with van der Waals surface area (Å²) in [5.74, 6) is -0.651. The van der Waals surface area contributed by atoms with E-state index in [0.29, 0.717) is 22.7 Å². The number of hydrogen-bond acceptors (Lipinski definition) is 4. The van der Waals surface area contributed by atoms with E-state index in [2.05, 4.69) is 15.3 Å². The Morgan fingerprint density at radius 3 is 2.52 bits per heavy atom. The number of aromatic amines is 1. The van der Waals surface area contributed by atoms with E-state index in [1.54, 1.807) is 18.2 Å². The molecular weight excluding hydrogens is 389 g/mol. The molecule has 4 rings (SSSR count). The van der Waals surface area contributed by atoms with Gasteiger partial charge >= 0.3 is 0 Å². The Kier molecular flexibility index (Phi) is 5.39. The smallest absolute Gasteiger partial charge is 0.271 e. The molecule has 144 valence electrons. The molecule has 3 aromatic carbocycles. The first-order chi connectivity index (χ1) is 14.1. The molecule has 0 bridgehead atoms. The van der Waals surface area contributed by atoms with E-state index in [4.69, 9.17) is 0 Å². The molecule has 0 aliphatic rings. The number of nitrogens with zero attached hydrogens (tertiary/aromatic N) is 1. The Morgan fingerprint density at radius 1 is 1.00 bits per heavy atom. The van der Waals surface area contributed by atoms with Crippen LogP contribution in [-0.2, 0) is 5.75 Å². The number of anilines is 1. The van der Waals surface area contributed by atoms with Crippen LogP contribution in [0.25, 0.3) is 11.0 Å². The van der Waals surface area contributed by atoms with Gasteiger partial charge in [0.05, 0.1) is 16.6 Å². The minimum Gasteiger partial charge on any atom is -0.322 e. The molecule has 0 fully saturated rings. The highest BCUT2D eigenvalue weighted by atomic mass is 32.2. The summed E-state index contributed by atoms with van der Waals surface area (Å²) in [6.07, 6.45) is 0. The van der Waals surface area contributed by atoms with E-state index in [-0.39, 0.29) is 11.1 Å². The number of aromatic nitrogens is 2. The molecule has 0 aliphatic carbocycles. The summed E-state index contributed by atoms with van der Waals surface area (Å²) in [5.41, 5.74) is 2.25. The molecule has 1 heterocycles. The van der Waals surface area contributed by atoms with Crippen LogP contribution >= 0.6 is 11.8 Å². The van der Waals surface area contributed by atoms with Crippen molar-refractivity contribution in [3.05, 3.63) is 100 Å². The summed E-state index contributed by atoms with van der Waals surface area (Å²) < 4.78 is 13.7. The molecule has 2 N–H and O–H groups in total. The lowest BCUT2D eigenvalue weighted by atomic mass is 10.2. The molecule has 0 saturated heterocycles. The van der Waals surface area contributed by atoms with Gasteiger partial charge in [-0.2, -0.15) is 0 Å². The average Bonchev–Trinajstić information content (AvgIpc) is 2.73. The number of halogens is 1. The van der Waals surface area contributed by atoms with Crippen LogP contribution in [0.4, 0.5) is 10.1 Å². The van der Waals surface area contributed by atoms with E-state index in [1.165, 1.54) is 30.0 Å². The standard InChI is InChI=1S/C22H16FN3O2S/c23-17-6-2-1-5-16(17)21(27)24-14-9-11-15(12-10-14)29-13-20-22(28)26-19-8-4-3-7-18(19)25-20/h1-12H,13H2,(H,24,27)(H,26,28). The number of rotatable bonds is 5. The maximum Gasteiger partial charge on any atom is 0.271 e. The second-order valence-electron chi connectivity index (χ2n) is 6.28. The van der Waals surface area contributed by atoms with Crippen LogP contribution in [0.3, 0.4) is 0 Å². The van der Waals surface area contributed by atoms with Crippen molar-refractivity contribution >= 4 is 34.4 Å². The molecular formula is C22H16FN3O2S. The number of amides is 1. The third-order valence-electron chi connectivity index (χ3n) is 4.28. The van der Waals surface area contributed by atoms with Crippen LogP contribution in [0.5, 0.6) is 0 Å². The van der Waals surface area contributed by atoms with Crippen molar-refractivity contribution in [3.8, 4) is 0 Å². The molecule has 0 spiro atoms. The number of thioether (sulfide) groups is 1. The summed E-state index contributed by atoms with van der Waals surface area (Å²) in [7, 11) is 0. The second kappa shape index (κ2) is 8.28. The summed E-state index contributed by atoms with van der Waals surface area (Å²) in [6.45, 7) is 0. The van der Waals surface area contributed by atoms with E-state index in [9.17, 15) is 14.0 Å². The SMILES string of the molecule is O=C(Nc1ccc(SCc2nc3ccccc3[nH]c2=O)cc1)c1ccccc1F. The fourth-order valence-electron chi connectivity index (χ4n) is 2.80. The molecule has 1 amide bonds. The van der Waals surface area contributed by atoms with Crippen molar-refractivity contribution in [1.82, 2.24) is 9.97 Å². The van der Waals surface area contributed by atoms with E-state index < -0.39 is 11.7 Å². The molecule has 4 aromatic rings. The van der Waals surface area contributed by atoms with Gasteiger partial charge in [0.2, 0.25) is 0 Å². The monoisotopic (exact) mass is 405 g/mol. The van der Waals surface area contributed by atoms with Crippen LogP contribution in [0.15, 0.2) is 82.5 Å². The first-order valence-corrected chi connectivity index (χ1v) is 9.85. The quantitative estimate of drug-likeness (QED) is 0.476.